The van der Waals surface area contributed by atoms with E-state index < -0.39 is 0 Å². The number of hydrogen-bond acceptors (Lipinski definition) is 2. The fourth-order valence-corrected chi connectivity index (χ4v) is 1.14. The lowest BCUT2D eigenvalue weighted by molar-refractivity contribution is 1.27. The monoisotopic (exact) mass is 193 g/mol. The number of benzene rings is 1. The molecule has 0 bridgehead atoms. The van der Waals surface area contributed by atoms with E-state index in [4.69, 9.17) is 22.6 Å². The number of amidine groups is 1. The molecule has 66 valence electrons. The maximum Gasteiger partial charge on any atom is 0.207 e. The molecule has 0 aromatic heterocycles. The van der Waals surface area contributed by atoms with E-state index in [0.29, 0.717) is 11.4 Å². The third-order valence-electron chi connectivity index (χ3n) is 1.52. The third kappa shape index (κ3) is 2.77. The second-order valence-corrected chi connectivity index (χ2v) is 2.88. The van der Waals surface area contributed by atoms with Crippen LogP contribution in [0.2, 0.25) is 5.02 Å². The number of nitriles is 1. The van der Waals surface area contributed by atoms with E-state index in [1.165, 1.54) is 0 Å². The Morgan fingerprint density at radius 3 is 2.85 bits per heavy atom. The highest BCUT2D eigenvalue weighted by atomic mass is 35.5. The summed E-state index contributed by atoms with van der Waals surface area (Å²) in [5.74, 6) is 0.274. The Balaban J connectivity index is 2.82. The van der Waals surface area contributed by atoms with Gasteiger partial charge < -0.3 is 5.73 Å². The minimum absolute atomic E-state index is 0.274. The van der Waals surface area contributed by atoms with Crippen molar-refractivity contribution in [2.24, 2.45) is 10.7 Å². The Kier molecular flexibility index (Phi) is 3.30. The van der Waals surface area contributed by atoms with Crippen LogP contribution in [-0.4, -0.2) is 5.84 Å². The molecule has 0 amide bonds. The van der Waals surface area contributed by atoms with Crippen molar-refractivity contribution in [2.75, 3.05) is 0 Å². The standard InChI is InChI=1S/C9H8ClN3/c10-8-4-2-1-3-7(8)5-9(12)13-6-11/h1-4H,5H2,(H2,12,13). The second kappa shape index (κ2) is 4.48. The molecule has 0 heterocycles. The van der Waals surface area contributed by atoms with E-state index in [9.17, 15) is 0 Å². The van der Waals surface area contributed by atoms with Gasteiger partial charge in [0.25, 0.3) is 0 Å². The number of aliphatic imine (C=N–C) groups is 1. The molecule has 0 saturated heterocycles. The average molecular weight is 194 g/mol. The third-order valence-corrected chi connectivity index (χ3v) is 1.89. The molecule has 4 heteroatoms. The minimum Gasteiger partial charge on any atom is -0.386 e. The zero-order valence-corrected chi connectivity index (χ0v) is 7.62. The van der Waals surface area contributed by atoms with Crippen LogP contribution < -0.4 is 5.73 Å². The largest absolute Gasteiger partial charge is 0.386 e. The van der Waals surface area contributed by atoms with Crippen molar-refractivity contribution in [3.05, 3.63) is 34.9 Å². The number of nitrogens with zero attached hydrogens (tertiary/aromatic N) is 2. The molecule has 2 N–H and O–H groups in total. The molecule has 1 aromatic rings. The highest BCUT2D eigenvalue weighted by molar-refractivity contribution is 6.31. The van der Waals surface area contributed by atoms with Gasteiger partial charge in [0.15, 0.2) is 0 Å². The van der Waals surface area contributed by atoms with Crippen LogP contribution in [0.25, 0.3) is 0 Å². The minimum atomic E-state index is 0.274. The lowest BCUT2D eigenvalue weighted by atomic mass is 10.1. The lowest BCUT2D eigenvalue weighted by Gasteiger charge is -2.01. The molecule has 1 rings (SSSR count). The van der Waals surface area contributed by atoms with E-state index >= 15 is 0 Å². The van der Waals surface area contributed by atoms with Gasteiger partial charge in [-0.25, -0.2) is 0 Å². The van der Waals surface area contributed by atoms with Crippen LogP contribution in [0.1, 0.15) is 5.56 Å². The van der Waals surface area contributed by atoms with E-state index in [2.05, 4.69) is 4.99 Å². The fraction of sp³-hybridized carbons (Fsp3) is 0.111. The average Bonchev–Trinajstić information content (AvgIpc) is 2.09. The highest BCUT2D eigenvalue weighted by Gasteiger charge is 2.00. The van der Waals surface area contributed by atoms with Crippen LogP contribution in [0, 0.1) is 11.5 Å². The molecule has 0 aliphatic heterocycles. The maximum atomic E-state index is 8.23. The van der Waals surface area contributed by atoms with Gasteiger partial charge in [-0.15, -0.1) is 0 Å². The van der Waals surface area contributed by atoms with Gasteiger partial charge >= 0.3 is 0 Å². The van der Waals surface area contributed by atoms with E-state index in [-0.39, 0.29) is 5.84 Å². The number of hydrogen-bond donors (Lipinski definition) is 1. The Morgan fingerprint density at radius 1 is 1.54 bits per heavy atom. The molecular weight excluding hydrogens is 186 g/mol. The summed E-state index contributed by atoms with van der Waals surface area (Å²) in [6.45, 7) is 0. The van der Waals surface area contributed by atoms with Crippen molar-refractivity contribution in [3.8, 4) is 6.19 Å². The van der Waals surface area contributed by atoms with Gasteiger partial charge in [0.05, 0.1) is 0 Å². The summed E-state index contributed by atoms with van der Waals surface area (Å²) in [7, 11) is 0. The predicted molar refractivity (Wildman–Crippen MR) is 52.4 cm³/mol. The second-order valence-electron chi connectivity index (χ2n) is 2.47. The summed E-state index contributed by atoms with van der Waals surface area (Å²) < 4.78 is 0. The summed E-state index contributed by atoms with van der Waals surface area (Å²) in [4.78, 5) is 3.40. The van der Waals surface area contributed by atoms with Gasteiger partial charge in [0.2, 0.25) is 6.19 Å². The molecule has 0 saturated carbocycles. The topological polar surface area (TPSA) is 62.2 Å². The van der Waals surface area contributed by atoms with Gasteiger partial charge in [-0.3, -0.25) is 0 Å². The van der Waals surface area contributed by atoms with Crippen LogP contribution in [0.15, 0.2) is 29.3 Å². The molecule has 0 radical (unpaired) electrons. The SMILES string of the molecule is N#CN=C(N)Cc1ccccc1Cl. The zero-order valence-electron chi connectivity index (χ0n) is 6.87. The van der Waals surface area contributed by atoms with Crippen molar-refractivity contribution in [1.29, 1.82) is 5.26 Å². The first-order valence-corrected chi connectivity index (χ1v) is 4.06. The van der Waals surface area contributed by atoms with Gasteiger partial charge in [0.1, 0.15) is 5.84 Å². The number of nitrogens with two attached hydrogens (primary N) is 1. The quantitative estimate of drug-likeness (QED) is 0.442. The molecule has 1 aromatic carbocycles. The fourth-order valence-electron chi connectivity index (χ4n) is 0.941. The summed E-state index contributed by atoms with van der Waals surface area (Å²) in [6.07, 6.45) is 2.04. The Bertz CT molecular complexity index is 365. The van der Waals surface area contributed by atoms with Crippen LogP contribution in [0.3, 0.4) is 0 Å². The molecule has 13 heavy (non-hydrogen) atoms. The normalized spacial score (nSPS) is 10.9. The van der Waals surface area contributed by atoms with E-state index in [0.717, 1.165) is 5.56 Å². The summed E-state index contributed by atoms with van der Waals surface area (Å²) >= 11 is 5.88. The molecule has 0 spiro atoms. The van der Waals surface area contributed by atoms with E-state index in [1.54, 1.807) is 12.3 Å². The first-order chi connectivity index (χ1) is 6.24. The van der Waals surface area contributed by atoms with Crippen molar-refractivity contribution in [2.45, 2.75) is 6.42 Å². The van der Waals surface area contributed by atoms with Crippen LogP contribution in [0.5, 0.6) is 0 Å². The first kappa shape index (κ1) is 9.56. The van der Waals surface area contributed by atoms with Gasteiger partial charge in [-0.2, -0.15) is 10.3 Å². The zero-order chi connectivity index (χ0) is 9.68. The smallest absolute Gasteiger partial charge is 0.207 e. The van der Waals surface area contributed by atoms with Crippen LogP contribution >= 0.6 is 11.6 Å². The molecule has 3 nitrogen and oxygen atoms in total. The highest BCUT2D eigenvalue weighted by Crippen LogP contribution is 2.14. The molecule has 0 aliphatic rings. The van der Waals surface area contributed by atoms with Gasteiger partial charge in [-0.05, 0) is 11.6 Å². The van der Waals surface area contributed by atoms with Gasteiger partial charge in [-0.1, -0.05) is 29.8 Å². The summed E-state index contributed by atoms with van der Waals surface area (Å²) in [5, 5.41) is 8.87. The number of halogens is 1. The Hall–Kier alpha value is -1.53. The summed E-state index contributed by atoms with van der Waals surface area (Å²) in [5.41, 5.74) is 6.33. The predicted octanol–water partition coefficient (Wildman–Crippen LogP) is 1.72. The summed E-state index contributed by atoms with van der Waals surface area (Å²) in [6, 6.07) is 7.32. The van der Waals surface area contributed by atoms with Gasteiger partial charge in [0, 0.05) is 11.4 Å². The van der Waals surface area contributed by atoms with Crippen molar-refractivity contribution < 1.29 is 0 Å². The van der Waals surface area contributed by atoms with Crippen molar-refractivity contribution in [3.63, 3.8) is 0 Å². The molecule has 0 atom stereocenters. The van der Waals surface area contributed by atoms with Crippen molar-refractivity contribution >= 4 is 17.4 Å². The van der Waals surface area contributed by atoms with Crippen LogP contribution in [-0.2, 0) is 6.42 Å². The van der Waals surface area contributed by atoms with Crippen LogP contribution in [0.4, 0.5) is 0 Å². The first-order valence-electron chi connectivity index (χ1n) is 3.68. The molecule has 0 unspecified atom stereocenters. The Morgan fingerprint density at radius 2 is 2.23 bits per heavy atom. The molecule has 0 fully saturated rings. The Labute approximate surface area is 81.5 Å². The molecule has 0 aliphatic carbocycles. The maximum absolute atomic E-state index is 8.23. The van der Waals surface area contributed by atoms with Crippen molar-refractivity contribution in [1.82, 2.24) is 0 Å². The lowest BCUT2D eigenvalue weighted by Crippen LogP contribution is -2.14. The number of rotatable bonds is 2. The van der Waals surface area contributed by atoms with E-state index in [1.807, 2.05) is 18.2 Å². The molecular formula is C9H8ClN3.